The van der Waals surface area contributed by atoms with Gasteiger partial charge in [0.25, 0.3) is 0 Å². The summed E-state index contributed by atoms with van der Waals surface area (Å²) in [4.78, 5) is 25.4. The molecule has 28 heavy (non-hydrogen) atoms. The highest BCUT2D eigenvalue weighted by molar-refractivity contribution is 6.30. The van der Waals surface area contributed by atoms with Gasteiger partial charge in [0.1, 0.15) is 16.5 Å². The van der Waals surface area contributed by atoms with E-state index in [1.165, 1.54) is 6.92 Å². The largest absolute Gasteiger partial charge is 0.493 e. The maximum atomic E-state index is 12.7. The van der Waals surface area contributed by atoms with Crippen molar-refractivity contribution in [1.29, 1.82) is 0 Å². The zero-order valence-electron chi connectivity index (χ0n) is 13.7. The van der Waals surface area contributed by atoms with Crippen molar-refractivity contribution < 1.29 is 43.2 Å². The zero-order chi connectivity index (χ0) is 21.4. The standard InChI is InChI=1S/C15H11ClF3N3O6/c1-5-6(4-7(13(25)26)14(27)28)12(24)22(11(5)23)21-9-3-2-8(10(16)20-9)15(17,18)19/h2-4,23-24H,1H3,(H,20,21)(H,25,26)(H,27,28). The molecule has 0 aliphatic rings. The number of alkyl halides is 3. The van der Waals surface area contributed by atoms with E-state index in [2.05, 4.69) is 10.4 Å². The molecule has 2 aromatic rings. The molecule has 2 rings (SSSR count). The van der Waals surface area contributed by atoms with Crippen molar-refractivity contribution >= 4 is 35.4 Å². The Bertz CT molecular complexity index is 984. The third-order valence-corrected chi connectivity index (χ3v) is 3.82. The Balaban J connectivity index is 2.49. The SMILES string of the molecule is Cc1c(C=C(C(=O)O)C(=O)O)c(O)n(Nc2ccc(C(F)(F)F)c(Cl)n2)c1O. The second-order valence-corrected chi connectivity index (χ2v) is 5.69. The maximum absolute atomic E-state index is 12.7. The van der Waals surface area contributed by atoms with E-state index in [0.29, 0.717) is 16.8 Å². The van der Waals surface area contributed by atoms with Gasteiger partial charge < -0.3 is 20.4 Å². The van der Waals surface area contributed by atoms with Crippen molar-refractivity contribution in [2.75, 3.05) is 5.43 Å². The summed E-state index contributed by atoms with van der Waals surface area (Å²) in [5.41, 5.74) is -0.463. The second-order valence-electron chi connectivity index (χ2n) is 5.33. The molecule has 0 fully saturated rings. The number of hydrogen-bond donors (Lipinski definition) is 5. The van der Waals surface area contributed by atoms with Crippen LogP contribution in [0.3, 0.4) is 0 Å². The fourth-order valence-corrected chi connectivity index (χ4v) is 2.40. The number of nitrogens with zero attached hydrogens (tertiary/aromatic N) is 2. The summed E-state index contributed by atoms with van der Waals surface area (Å²) >= 11 is 5.49. The Kier molecular flexibility index (Phi) is 5.45. The number of carbonyl (C=O) groups is 2. The topological polar surface area (TPSA) is 145 Å². The number of rotatable bonds is 5. The third-order valence-electron chi connectivity index (χ3n) is 3.53. The number of pyridine rings is 1. The van der Waals surface area contributed by atoms with Crippen LogP contribution in [-0.4, -0.2) is 42.0 Å². The summed E-state index contributed by atoms with van der Waals surface area (Å²) in [6, 6.07) is 1.49. The number of halogens is 4. The molecule has 0 bridgehead atoms. The van der Waals surface area contributed by atoms with Gasteiger partial charge in [-0.15, -0.1) is 0 Å². The second kappa shape index (κ2) is 7.31. The van der Waals surface area contributed by atoms with Crippen LogP contribution in [0.15, 0.2) is 17.7 Å². The fourth-order valence-electron chi connectivity index (χ4n) is 2.14. The first kappa shape index (κ1) is 20.9. The zero-order valence-corrected chi connectivity index (χ0v) is 14.5. The number of nitrogens with one attached hydrogen (secondary N) is 1. The molecule has 0 unspecified atom stereocenters. The lowest BCUT2D eigenvalue weighted by Crippen LogP contribution is -2.12. The van der Waals surface area contributed by atoms with Crippen molar-refractivity contribution in [2.45, 2.75) is 13.1 Å². The molecular formula is C15H11ClF3N3O6. The number of aromatic nitrogens is 2. The first-order chi connectivity index (χ1) is 12.8. The highest BCUT2D eigenvalue weighted by Crippen LogP contribution is 2.36. The summed E-state index contributed by atoms with van der Waals surface area (Å²) in [6.45, 7) is 1.24. The molecular weight excluding hydrogens is 411 g/mol. The minimum Gasteiger partial charge on any atom is -0.493 e. The lowest BCUT2D eigenvalue weighted by Gasteiger charge is -2.12. The Morgan fingerprint density at radius 2 is 1.75 bits per heavy atom. The fraction of sp³-hybridized carbons (Fsp3) is 0.133. The molecule has 0 aliphatic heterocycles. The van der Waals surface area contributed by atoms with Gasteiger partial charge in [-0.3, -0.25) is 5.43 Å². The molecule has 0 atom stereocenters. The Morgan fingerprint density at radius 3 is 2.21 bits per heavy atom. The summed E-state index contributed by atoms with van der Waals surface area (Å²) < 4.78 is 38.7. The summed E-state index contributed by atoms with van der Waals surface area (Å²) in [7, 11) is 0. The van der Waals surface area contributed by atoms with Crippen LogP contribution in [0.1, 0.15) is 16.7 Å². The van der Waals surface area contributed by atoms with Crippen LogP contribution in [0, 0.1) is 6.92 Å². The minimum absolute atomic E-state index is 0.108. The molecule has 2 heterocycles. The molecule has 0 aliphatic carbocycles. The van der Waals surface area contributed by atoms with Gasteiger partial charge in [0.2, 0.25) is 11.8 Å². The monoisotopic (exact) mass is 421 g/mol. The molecule has 150 valence electrons. The van der Waals surface area contributed by atoms with Gasteiger partial charge in [0.05, 0.1) is 5.56 Å². The number of aliphatic carboxylic acids is 2. The first-order valence-corrected chi connectivity index (χ1v) is 7.54. The summed E-state index contributed by atoms with van der Waals surface area (Å²) in [5, 5.41) is 37.2. The van der Waals surface area contributed by atoms with Gasteiger partial charge in [-0.05, 0) is 25.1 Å². The lowest BCUT2D eigenvalue weighted by molar-refractivity contribution is -0.140. The molecule has 9 nitrogen and oxygen atoms in total. The van der Waals surface area contributed by atoms with E-state index in [0.717, 1.165) is 6.07 Å². The smallest absolute Gasteiger partial charge is 0.419 e. The Hall–Kier alpha value is -3.41. The van der Waals surface area contributed by atoms with Crippen LogP contribution in [0.2, 0.25) is 5.15 Å². The maximum Gasteiger partial charge on any atom is 0.419 e. The summed E-state index contributed by atoms with van der Waals surface area (Å²) in [5.74, 6) is -5.36. The molecule has 5 N–H and O–H groups in total. The van der Waals surface area contributed by atoms with Gasteiger partial charge in [-0.25, -0.2) is 14.6 Å². The van der Waals surface area contributed by atoms with E-state index < -0.39 is 46.2 Å². The molecule has 13 heteroatoms. The lowest BCUT2D eigenvalue weighted by atomic mass is 10.1. The van der Waals surface area contributed by atoms with E-state index in [1.54, 1.807) is 0 Å². The van der Waals surface area contributed by atoms with E-state index in [4.69, 9.17) is 21.8 Å². The number of anilines is 1. The number of aromatic hydroxyl groups is 2. The number of carboxylic acids is 2. The van der Waals surface area contributed by atoms with Gasteiger partial charge in [0, 0.05) is 11.1 Å². The highest BCUT2D eigenvalue weighted by atomic mass is 35.5. The van der Waals surface area contributed by atoms with E-state index >= 15 is 0 Å². The van der Waals surface area contributed by atoms with E-state index in [9.17, 15) is 33.0 Å². The third kappa shape index (κ3) is 3.96. The van der Waals surface area contributed by atoms with E-state index in [1.807, 2.05) is 0 Å². The molecule has 0 saturated carbocycles. The molecule has 2 aromatic heterocycles. The number of carboxylic acid groups (broad SMARTS) is 2. The van der Waals surface area contributed by atoms with Crippen molar-refractivity contribution in [1.82, 2.24) is 9.66 Å². The molecule has 0 radical (unpaired) electrons. The van der Waals surface area contributed by atoms with Gasteiger partial charge in [-0.2, -0.15) is 17.8 Å². The van der Waals surface area contributed by atoms with Crippen LogP contribution in [0.4, 0.5) is 19.0 Å². The van der Waals surface area contributed by atoms with Crippen molar-refractivity contribution in [3.05, 3.63) is 39.5 Å². The van der Waals surface area contributed by atoms with Crippen LogP contribution in [-0.2, 0) is 15.8 Å². The van der Waals surface area contributed by atoms with Gasteiger partial charge in [0.15, 0.2) is 0 Å². The Morgan fingerprint density at radius 1 is 1.18 bits per heavy atom. The number of hydrogen-bond acceptors (Lipinski definition) is 6. The van der Waals surface area contributed by atoms with E-state index in [-0.39, 0.29) is 16.9 Å². The van der Waals surface area contributed by atoms with Crippen LogP contribution in [0.5, 0.6) is 11.8 Å². The Labute approximate surface area is 158 Å². The molecule has 0 aromatic carbocycles. The summed E-state index contributed by atoms with van der Waals surface area (Å²) in [6.07, 6.45) is -4.13. The van der Waals surface area contributed by atoms with Crippen molar-refractivity contribution in [3.8, 4) is 11.8 Å². The quantitative estimate of drug-likeness (QED) is 0.214. The molecule has 0 amide bonds. The highest BCUT2D eigenvalue weighted by Gasteiger charge is 2.34. The molecule has 0 spiro atoms. The van der Waals surface area contributed by atoms with Crippen LogP contribution >= 0.6 is 11.6 Å². The van der Waals surface area contributed by atoms with Gasteiger partial charge in [-0.1, -0.05) is 11.6 Å². The first-order valence-electron chi connectivity index (χ1n) is 7.16. The average molecular weight is 422 g/mol. The van der Waals surface area contributed by atoms with Crippen molar-refractivity contribution in [3.63, 3.8) is 0 Å². The minimum atomic E-state index is -4.74. The predicted octanol–water partition coefficient (Wildman–Crippen LogP) is 2.70. The van der Waals surface area contributed by atoms with Crippen molar-refractivity contribution in [2.24, 2.45) is 0 Å². The molecule has 0 saturated heterocycles. The van der Waals surface area contributed by atoms with Gasteiger partial charge >= 0.3 is 18.1 Å². The van der Waals surface area contributed by atoms with Crippen LogP contribution < -0.4 is 5.43 Å². The normalized spacial score (nSPS) is 11.2. The predicted molar refractivity (Wildman–Crippen MR) is 89.0 cm³/mol. The van der Waals surface area contributed by atoms with Crippen LogP contribution in [0.25, 0.3) is 6.08 Å². The average Bonchev–Trinajstić information content (AvgIpc) is 2.75.